The van der Waals surface area contributed by atoms with Crippen LogP contribution in [-0.2, 0) is 16.0 Å². The smallest absolute Gasteiger partial charge is 0.306 e. The maximum absolute atomic E-state index is 11.8. The number of carbonyl (C=O) groups excluding carboxylic acids is 1. The van der Waals surface area contributed by atoms with E-state index in [9.17, 15) is 4.79 Å². The molecular formula is C27H30N4O2. The van der Waals surface area contributed by atoms with Gasteiger partial charge in [-0.3, -0.25) is 4.79 Å². The Bertz CT molecular complexity index is 1200. The fourth-order valence-corrected chi connectivity index (χ4v) is 4.07. The molecule has 0 spiro atoms. The van der Waals surface area contributed by atoms with Crippen LogP contribution in [-0.4, -0.2) is 26.5 Å². The minimum Gasteiger partial charge on any atom is -0.460 e. The van der Waals surface area contributed by atoms with Crippen molar-refractivity contribution in [1.29, 1.82) is 0 Å². The Kier molecular flexibility index (Phi) is 6.88. The maximum Gasteiger partial charge on any atom is 0.306 e. The van der Waals surface area contributed by atoms with Gasteiger partial charge in [-0.15, -0.1) is 0 Å². The lowest BCUT2D eigenvalue weighted by molar-refractivity contribution is -0.154. The van der Waals surface area contributed by atoms with Crippen LogP contribution < -0.4 is 5.32 Å². The van der Waals surface area contributed by atoms with Crippen molar-refractivity contribution >= 4 is 22.8 Å². The zero-order chi connectivity index (χ0) is 23.3. The highest BCUT2D eigenvalue weighted by Gasteiger charge is 2.21. The minimum absolute atomic E-state index is 0.186. The number of nitrogens with one attached hydrogen (secondary N) is 1. The molecule has 0 amide bonds. The third-order valence-corrected chi connectivity index (χ3v) is 5.49. The molecule has 1 N–H and O–H groups in total. The molecule has 3 aromatic rings. The van der Waals surface area contributed by atoms with E-state index in [1.165, 1.54) is 11.1 Å². The third-order valence-electron chi connectivity index (χ3n) is 5.49. The monoisotopic (exact) mass is 442 g/mol. The third kappa shape index (κ3) is 6.07. The van der Waals surface area contributed by atoms with Gasteiger partial charge >= 0.3 is 5.97 Å². The first-order valence-electron chi connectivity index (χ1n) is 11.5. The molecule has 0 radical (unpaired) electrons. The molecule has 1 atom stereocenters. The molecule has 0 saturated carbocycles. The quantitative estimate of drug-likeness (QED) is 0.325. The van der Waals surface area contributed by atoms with Crippen LogP contribution in [0.15, 0.2) is 42.9 Å². The van der Waals surface area contributed by atoms with Crippen LogP contribution in [0.3, 0.4) is 0 Å². The fraction of sp³-hybridized carbons (Fsp3) is 0.407. The summed E-state index contributed by atoms with van der Waals surface area (Å²) in [6.45, 7) is 5.61. The number of anilines is 1. The molecule has 1 aliphatic carbocycles. The summed E-state index contributed by atoms with van der Waals surface area (Å²) >= 11 is 0. The van der Waals surface area contributed by atoms with Gasteiger partial charge in [0.05, 0.1) is 11.6 Å². The molecular weight excluding hydrogens is 412 g/mol. The summed E-state index contributed by atoms with van der Waals surface area (Å²) in [6.07, 6.45) is 8.32. The molecule has 1 aliphatic rings. The van der Waals surface area contributed by atoms with Crippen LogP contribution in [0.5, 0.6) is 0 Å². The normalized spacial score (nSPS) is 15.3. The Morgan fingerprint density at radius 2 is 2.06 bits per heavy atom. The van der Waals surface area contributed by atoms with E-state index >= 15 is 0 Å². The topological polar surface area (TPSA) is 77.0 Å². The van der Waals surface area contributed by atoms with E-state index < -0.39 is 5.60 Å². The number of esters is 1. The average Bonchev–Trinajstić information content (AvgIpc) is 2.78. The van der Waals surface area contributed by atoms with Crippen molar-refractivity contribution in [2.45, 2.75) is 70.9 Å². The molecule has 170 valence electrons. The van der Waals surface area contributed by atoms with Gasteiger partial charge in [-0.05, 0) is 63.6 Å². The van der Waals surface area contributed by atoms with Crippen molar-refractivity contribution in [3.8, 4) is 11.8 Å². The number of carbonyl (C=O) groups is 1. The summed E-state index contributed by atoms with van der Waals surface area (Å²) in [5.74, 6) is 6.81. The number of fused-ring (bicyclic) bond motifs is 2. The molecule has 2 aromatic heterocycles. The molecule has 0 fully saturated rings. The molecule has 0 bridgehead atoms. The average molecular weight is 443 g/mol. The zero-order valence-electron chi connectivity index (χ0n) is 19.5. The summed E-state index contributed by atoms with van der Waals surface area (Å²) in [7, 11) is 0. The number of ether oxygens (including phenoxy) is 1. The van der Waals surface area contributed by atoms with Crippen LogP contribution in [0.25, 0.3) is 11.0 Å². The van der Waals surface area contributed by atoms with Crippen molar-refractivity contribution < 1.29 is 9.53 Å². The highest BCUT2D eigenvalue weighted by Crippen LogP contribution is 2.33. The van der Waals surface area contributed by atoms with E-state index in [0.717, 1.165) is 41.7 Å². The van der Waals surface area contributed by atoms with Gasteiger partial charge in [0.15, 0.2) is 5.82 Å². The number of aromatic nitrogens is 3. The van der Waals surface area contributed by atoms with E-state index in [-0.39, 0.29) is 12.0 Å². The number of hydrogen-bond acceptors (Lipinski definition) is 6. The summed E-state index contributed by atoms with van der Waals surface area (Å²) in [5, 5.41) is 3.59. The number of unbranched alkanes of at least 4 members (excludes halogenated alkanes) is 1. The van der Waals surface area contributed by atoms with E-state index in [1.54, 1.807) is 12.5 Å². The highest BCUT2D eigenvalue weighted by atomic mass is 16.6. The van der Waals surface area contributed by atoms with Gasteiger partial charge in [0, 0.05) is 24.6 Å². The fourth-order valence-electron chi connectivity index (χ4n) is 4.07. The van der Waals surface area contributed by atoms with Crippen LogP contribution >= 0.6 is 0 Å². The first-order valence-corrected chi connectivity index (χ1v) is 11.5. The lowest BCUT2D eigenvalue weighted by Gasteiger charge is -2.26. The minimum atomic E-state index is -0.449. The second-order valence-electron chi connectivity index (χ2n) is 9.34. The van der Waals surface area contributed by atoms with Crippen molar-refractivity contribution in [3.63, 3.8) is 0 Å². The van der Waals surface area contributed by atoms with E-state index in [0.29, 0.717) is 19.3 Å². The lowest BCUT2D eigenvalue weighted by atomic mass is 9.88. The molecule has 0 unspecified atom stereocenters. The Labute approximate surface area is 195 Å². The first-order chi connectivity index (χ1) is 15.9. The number of benzene rings is 1. The molecule has 6 heteroatoms. The Morgan fingerprint density at radius 1 is 1.21 bits per heavy atom. The molecule has 4 rings (SSSR count). The van der Waals surface area contributed by atoms with Crippen molar-refractivity contribution in [2.24, 2.45) is 0 Å². The van der Waals surface area contributed by atoms with Crippen LogP contribution in [0.1, 0.15) is 75.6 Å². The molecule has 2 heterocycles. The summed E-state index contributed by atoms with van der Waals surface area (Å²) in [4.78, 5) is 25.3. The number of hydrogen-bond donors (Lipinski definition) is 1. The van der Waals surface area contributed by atoms with E-state index in [1.807, 2.05) is 26.8 Å². The SMILES string of the molecule is CC(C)(C)OC(=O)CCCC#Cc1cnc2c(N[C@H]3CCCc4ccccc43)ncnc2c1. The summed E-state index contributed by atoms with van der Waals surface area (Å²) in [5.41, 5.74) is 4.59. The van der Waals surface area contributed by atoms with Crippen molar-refractivity contribution in [1.82, 2.24) is 15.0 Å². The lowest BCUT2D eigenvalue weighted by Crippen LogP contribution is -2.23. The second kappa shape index (κ2) is 9.99. The molecule has 33 heavy (non-hydrogen) atoms. The Morgan fingerprint density at radius 3 is 2.91 bits per heavy atom. The number of pyridine rings is 1. The Hall–Kier alpha value is -3.46. The largest absolute Gasteiger partial charge is 0.460 e. The molecule has 0 saturated heterocycles. The van der Waals surface area contributed by atoms with Crippen LogP contribution in [0.2, 0.25) is 0 Å². The van der Waals surface area contributed by atoms with Gasteiger partial charge in [0.25, 0.3) is 0 Å². The summed E-state index contributed by atoms with van der Waals surface area (Å²) < 4.78 is 5.32. The predicted molar refractivity (Wildman–Crippen MR) is 130 cm³/mol. The number of nitrogens with zero attached hydrogens (tertiary/aromatic N) is 3. The number of rotatable bonds is 5. The number of aryl methyl sites for hydroxylation is 1. The van der Waals surface area contributed by atoms with Crippen molar-refractivity contribution in [3.05, 3.63) is 59.5 Å². The van der Waals surface area contributed by atoms with Gasteiger partial charge in [0.2, 0.25) is 0 Å². The maximum atomic E-state index is 11.8. The first kappa shape index (κ1) is 22.7. The van der Waals surface area contributed by atoms with Gasteiger partial charge in [-0.2, -0.15) is 0 Å². The predicted octanol–water partition coefficient (Wildman–Crippen LogP) is 5.38. The molecule has 1 aromatic carbocycles. The van der Waals surface area contributed by atoms with Gasteiger partial charge in [-0.25, -0.2) is 15.0 Å². The van der Waals surface area contributed by atoms with Gasteiger partial charge in [-0.1, -0.05) is 36.1 Å². The van der Waals surface area contributed by atoms with Crippen LogP contribution in [0, 0.1) is 11.8 Å². The highest BCUT2D eigenvalue weighted by molar-refractivity contribution is 5.85. The Balaban J connectivity index is 1.41. The molecule has 0 aliphatic heterocycles. The standard InChI is InChI=1S/C27H30N4O2/c1-27(2,3)33-24(32)15-6-4-5-10-19-16-23-25(28-17-19)26(30-18-29-23)31-22-14-9-12-20-11-7-8-13-21(20)22/h7-8,11,13,16-18,22H,4,6,9,12,14-15H2,1-3H3,(H,29,30,31)/t22-/m0/s1. The molecule has 6 nitrogen and oxygen atoms in total. The van der Waals surface area contributed by atoms with Crippen LogP contribution in [0.4, 0.5) is 5.82 Å². The van der Waals surface area contributed by atoms with Gasteiger partial charge in [0.1, 0.15) is 17.4 Å². The second-order valence-corrected chi connectivity index (χ2v) is 9.34. The summed E-state index contributed by atoms with van der Waals surface area (Å²) in [6, 6.07) is 10.7. The van der Waals surface area contributed by atoms with E-state index in [2.05, 4.69) is 56.4 Å². The zero-order valence-corrected chi connectivity index (χ0v) is 19.5. The van der Waals surface area contributed by atoms with Gasteiger partial charge < -0.3 is 10.1 Å². The van der Waals surface area contributed by atoms with E-state index in [4.69, 9.17) is 4.74 Å². The van der Waals surface area contributed by atoms with Crippen molar-refractivity contribution in [2.75, 3.05) is 5.32 Å².